The Balaban J connectivity index is 0.000000370. The Bertz CT molecular complexity index is 398. The van der Waals surface area contributed by atoms with Gasteiger partial charge in [-0.2, -0.15) is 0 Å². The lowest BCUT2D eigenvalue weighted by Crippen LogP contribution is -2.49. The number of ether oxygens (including phenoxy) is 1. The van der Waals surface area contributed by atoms with Crippen molar-refractivity contribution in [3.63, 3.8) is 0 Å². The molecular weight excluding hydrogens is 253 g/mol. The van der Waals surface area contributed by atoms with Crippen molar-refractivity contribution in [2.24, 2.45) is 0 Å². The van der Waals surface area contributed by atoms with Crippen LogP contribution in [0.2, 0.25) is 0 Å². The maximum atomic E-state index is 8.09. The van der Waals surface area contributed by atoms with E-state index in [1.807, 2.05) is 0 Å². The first-order valence-electron chi connectivity index (χ1n) is 6.64. The van der Waals surface area contributed by atoms with Crippen LogP contribution in [0.3, 0.4) is 0 Å². The van der Waals surface area contributed by atoms with Crippen molar-refractivity contribution < 1.29 is 9.22 Å². The predicted octanol–water partition coefficient (Wildman–Crippen LogP) is 0.950. The van der Waals surface area contributed by atoms with Gasteiger partial charge < -0.3 is 9.22 Å². The van der Waals surface area contributed by atoms with Crippen LogP contribution in [0.15, 0.2) is 0 Å². The van der Waals surface area contributed by atoms with Gasteiger partial charge in [0.2, 0.25) is 0 Å². The highest BCUT2D eigenvalue weighted by atomic mass is 16.5. The third-order valence-corrected chi connectivity index (χ3v) is 3.51. The summed E-state index contributed by atoms with van der Waals surface area (Å²) in [6, 6.07) is 0. The Morgan fingerprint density at radius 1 is 0.950 bits per heavy atom. The van der Waals surface area contributed by atoms with Gasteiger partial charge in [-0.05, 0) is 19.3 Å². The first-order chi connectivity index (χ1) is 9.51. The maximum Gasteiger partial charge on any atom is 0.383 e. The molecule has 0 unspecified atom stereocenters. The maximum absolute atomic E-state index is 8.09. The topological polar surface area (TPSA) is 104 Å². The van der Waals surface area contributed by atoms with Crippen LogP contribution < -0.4 is 0 Å². The van der Waals surface area contributed by atoms with E-state index in [9.17, 15) is 0 Å². The second-order valence-corrected chi connectivity index (χ2v) is 5.23. The van der Waals surface area contributed by atoms with E-state index in [1.165, 1.54) is 67.3 Å². The molecule has 1 rings (SSSR count). The molecule has 0 aromatic carbocycles. The van der Waals surface area contributed by atoms with Gasteiger partial charge in [0.15, 0.2) is 0 Å². The van der Waals surface area contributed by atoms with Crippen molar-refractivity contribution in [2.45, 2.75) is 19.3 Å². The number of piperidine rings is 1. The van der Waals surface area contributed by atoms with Gasteiger partial charge in [-0.15, -0.1) is 23.9 Å². The SMILES string of the molecule is COCC[N+]1(C)CCCCC1.N#C[B-](C#N)(C#N)C#N. The normalized spacial score (nSPS) is 16.3. The number of nitrogens with zero attached hydrogens (tertiary/aromatic N) is 5. The summed E-state index contributed by atoms with van der Waals surface area (Å²) in [5, 5.41) is 32.3. The molecule has 0 saturated carbocycles. The summed E-state index contributed by atoms with van der Waals surface area (Å²) in [6.45, 7) is 4.81. The molecule has 1 fully saturated rings. The van der Waals surface area contributed by atoms with Gasteiger partial charge >= 0.3 is 6.15 Å². The van der Waals surface area contributed by atoms with Crippen molar-refractivity contribution in [1.82, 2.24) is 0 Å². The average Bonchev–Trinajstić information content (AvgIpc) is 2.50. The second-order valence-electron chi connectivity index (χ2n) is 5.23. The zero-order chi connectivity index (χ0) is 15.5. The van der Waals surface area contributed by atoms with Crippen molar-refractivity contribution in [3.05, 3.63) is 0 Å². The molecule has 106 valence electrons. The predicted molar refractivity (Wildman–Crippen MR) is 74.7 cm³/mol. The molecule has 1 aliphatic rings. The van der Waals surface area contributed by atoms with Crippen LogP contribution in [0, 0.1) is 44.9 Å². The van der Waals surface area contributed by atoms with Gasteiger partial charge in [-0.3, -0.25) is 0 Å². The minimum absolute atomic E-state index is 0.913. The van der Waals surface area contributed by atoms with Crippen LogP contribution in [-0.4, -0.2) is 51.0 Å². The Hall–Kier alpha value is -2.06. The lowest BCUT2D eigenvalue weighted by Gasteiger charge is -2.37. The average molecular weight is 273 g/mol. The molecule has 0 aromatic heterocycles. The largest absolute Gasteiger partial charge is 0.383 e. The quantitative estimate of drug-likeness (QED) is 0.562. The summed E-state index contributed by atoms with van der Waals surface area (Å²) in [6.07, 6.45) is 1.52. The smallest absolute Gasteiger partial charge is 0.379 e. The summed E-state index contributed by atoms with van der Waals surface area (Å²) < 4.78 is 6.32. The van der Waals surface area contributed by atoms with Crippen LogP contribution in [0.5, 0.6) is 0 Å². The van der Waals surface area contributed by atoms with Crippen LogP contribution in [0.25, 0.3) is 0 Å². The van der Waals surface area contributed by atoms with Crippen LogP contribution in [-0.2, 0) is 4.74 Å². The van der Waals surface area contributed by atoms with Crippen LogP contribution >= 0.6 is 0 Å². The highest BCUT2D eigenvalue weighted by Crippen LogP contribution is 2.15. The molecule has 7 heteroatoms. The van der Waals surface area contributed by atoms with Gasteiger partial charge in [0.1, 0.15) is 6.54 Å². The van der Waals surface area contributed by atoms with Crippen molar-refractivity contribution >= 4 is 6.15 Å². The molecule has 0 radical (unpaired) electrons. The highest BCUT2D eigenvalue weighted by Gasteiger charge is 2.23. The molecule has 20 heavy (non-hydrogen) atoms. The molecule has 0 N–H and O–H groups in total. The van der Waals surface area contributed by atoms with E-state index < -0.39 is 6.15 Å². The molecule has 0 atom stereocenters. The molecule has 6 nitrogen and oxygen atoms in total. The first kappa shape index (κ1) is 17.9. The zero-order valence-electron chi connectivity index (χ0n) is 12.2. The molecule has 0 aromatic rings. The van der Waals surface area contributed by atoms with E-state index in [1.54, 1.807) is 7.11 Å². The fourth-order valence-corrected chi connectivity index (χ4v) is 1.98. The van der Waals surface area contributed by atoms with Crippen molar-refractivity contribution in [1.29, 1.82) is 21.0 Å². The van der Waals surface area contributed by atoms with E-state index in [-0.39, 0.29) is 0 Å². The Morgan fingerprint density at radius 3 is 1.70 bits per heavy atom. The fraction of sp³-hybridized carbons (Fsp3) is 0.692. The van der Waals surface area contributed by atoms with E-state index >= 15 is 0 Å². The molecule has 0 amide bonds. The lowest BCUT2D eigenvalue weighted by molar-refractivity contribution is -0.914. The van der Waals surface area contributed by atoms with Gasteiger partial charge in [-0.1, -0.05) is 0 Å². The van der Waals surface area contributed by atoms with Crippen LogP contribution in [0.4, 0.5) is 0 Å². The molecule has 0 aliphatic carbocycles. The fourth-order valence-electron chi connectivity index (χ4n) is 1.98. The number of hydrogen-bond donors (Lipinski definition) is 0. The van der Waals surface area contributed by atoms with E-state index in [4.69, 9.17) is 25.8 Å². The standard InChI is InChI=1S/C9H20NO.C4BN4/c1-10(8-9-11-2)6-4-3-5-7-10;6-1-5(2-7,3-8)4-9/h3-9H2,1-2H3;/q+1;-1. The lowest BCUT2D eigenvalue weighted by atomic mass is 9.30. The zero-order valence-corrected chi connectivity index (χ0v) is 12.2. The minimum atomic E-state index is -2.72. The molecule has 1 heterocycles. The van der Waals surface area contributed by atoms with E-state index in [0.717, 1.165) is 6.61 Å². The first-order valence-corrected chi connectivity index (χ1v) is 6.64. The third kappa shape index (κ3) is 5.72. The number of quaternary nitrogens is 1. The summed E-state index contributed by atoms with van der Waals surface area (Å²) >= 11 is 0. The number of methoxy groups -OCH3 is 1. The Labute approximate surface area is 120 Å². The summed E-state index contributed by atoms with van der Waals surface area (Å²) in [4.78, 5) is 0. The second kappa shape index (κ2) is 8.95. The van der Waals surface area contributed by atoms with E-state index in [0.29, 0.717) is 0 Å². The van der Waals surface area contributed by atoms with Crippen LogP contribution in [0.1, 0.15) is 19.3 Å². The highest BCUT2D eigenvalue weighted by molar-refractivity contribution is 7.05. The molecule has 1 aliphatic heterocycles. The van der Waals surface area contributed by atoms with Gasteiger partial charge in [-0.25, -0.2) is 21.0 Å². The summed E-state index contributed by atoms with van der Waals surface area (Å²) in [7, 11) is 4.13. The van der Waals surface area contributed by atoms with Gasteiger partial charge in [0.05, 0.1) is 26.7 Å². The molecule has 0 bridgehead atoms. The van der Waals surface area contributed by atoms with E-state index in [2.05, 4.69) is 7.05 Å². The Morgan fingerprint density at radius 2 is 1.40 bits per heavy atom. The number of hydrogen-bond acceptors (Lipinski definition) is 5. The number of nitriles is 4. The monoisotopic (exact) mass is 273 g/mol. The Kier molecular flexibility index (Phi) is 8.03. The van der Waals surface area contributed by atoms with Gasteiger partial charge in [0.25, 0.3) is 0 Å². The summed E-state index contributed by atoms with van der Waals surface area (Å²) in [5.41, 5.74) is 0. The number of likely N-dealkylation sites (N-methyl/N-ethyl adjacent to an activating group) is 1. The van der Waals surface area contributed by atoms with Crippen molar-refractivity contribution in [2.75, 3.05) is 40.4 Å². The summed E-state index contributed by atoms with van der Waals surface area (Å²) in [5.74, 6) is 5.38. The number of likely N-dealkylation sites (tertiary alicyclic amines) is 1. The minimum Gasteiger partial charge on any atom is -0.379 e. The molecular formula is C13H20BN5O. The number of rotatable bonds is 3. The molecule has 0 spiro atoms. The third-order valence-electron chi connectivity index (χ3n) is 3.51. The van der Waals surface area contributed by atoms with Crippen molar-refractivity contribution in [3.8, 4) is 23.9 Å². The molecule has 1 saturated heterocycles. The van der Waals surface area contributed by atoms with Gasteiger partial charge in [0, 0.05) is 7.11 Å².